The molecule has 5 rings (SSSR count). The number of H-pyrrole nitrogens is 1. The lowest BCUT2D eigenvalue weighted by Gasteiger charge is -2.09. The van der Waals surface area contributed by atoms with E-state index < -0.39 is 0 Å². The lowest BCUT2D eigenvalue weighted by Crippen LogP contribution is -2.05. The molecule has 7 nitrogen and oxygen atoms in total. The molecule has 0 aliphatic heterocycles. The molecule has 0 saturated heterocycles. The van der Waals surface area contributed by atoms with E-state index in [4.69, 9.17) is 4.98 Å². The second-order valence-electron chi connectivity index (χ2n) is 7.04. The van der Waals surface area contributed by atoms with Gasteiger partial charge in [-0.05, 0) is 42.5 Å². The van der Waals surface area contributed by atoms with Crippen LogP contribution in [0.15, 0.2) is 79.1 Å². The van der Waals surface area contributed by atoms with Crippen molar-refractivity contribution in [2.75, 3.05) is 5.32 Å². The summed E-state index contributed by atoms with van der Waals surface area (Å²) in [6.45, 7) is 1.49. The molecule has 0 aliphatic rings. The number of pyridine rings is 3. The maximum atomic E-state index is 11.3. The van der Waals surface area contributed by atoms with Crippen molar-refractivity contribution in [2.45, 2.75) is 6.92 Å². The van der Waals surface area contributed by atoms with Crippen LogP contribution in [-0.4, -0.2) is 31.1 Å². The minimum atomic E-state index is -0.108. The van der Waals surface area contributed by atoms with Crippen LogP contribution in [0.3, 0.4) is 0 Å². The maximum absolute atomic E-state index is 11.3. The summed E-state index contributed by atoms with van der Waals surface area (Å²) >= 11 is 0. The van der Waals surface area contributed by atoms with Gasteiger partial charge in [0.1, 0.15) is 0 Å². The zero-order chi connectivity index (χ0) is 21.2. The topological polar surface area (TPSA) is 96.5 Å². The predicted molar refractivity (Wildman–Crippen MR) is 120 cm³/mol. The fraction of sp³-hybridized carbons (Fsp3) is 0.0417. The monoisotopic (exact) mass is 406 g/mol. The van der Waals surface area contributed by atoms with E-state index >= 15 is 0 Å². The van der Waals surface area contributed by atoms with Gasteiger partial charge in [0.05, 0.1) is 28.2 Å². The maximum Gasteiger partial charge on any atom is 0.221 e. The van der Waals surface area contributed by atoms with Gasteiger partial charge < -0.3 is 5.32 Å². The van der Waals surface area contributed by atoms with E-state index in [1.54, 1.807) is 12.4 Å². The molecule has 0 radical (unpaired) electrons. The third-order valence-corrected chi connectivity index (χ3v) is 4.89. The molecule has 0 saturated carbocycles. The van der Waals surface area contributed by atoms with Crippen molar-refractivity contribution >= 4 is 22.6 Å². The molecule has 31 heavy (non-hydrogen) atoms. The number of aromatic amines is 1. The van der Waals surface area contributed by atoms with Crippen molar-refractivity contribution in [2.24, 2.45) is 0 Å². The summed E-state index contributed by atoms with van der Waals surface area (Å²) in [5.41, 5.74) is 6.33. The first-order valence-corrected chi connectivity index (χ1v) is 9.79. The van der Waals surface area contributed by atoms with Crippen LogP contribution in [0.4, 0.5) is 5.69 Å². The van der Waals surface area contributed by atoms with E-state index in [-0.39, 0.29) is 5.91 Å². The van der Waals surface area contributed by atoms with E-state index in [1.165, 1.54) is 6.92 Å². The summed E-state index contributed by atoms with van der Waals surface area (Å²) in [7, 11) is 0. The van der Waals surface area contributed by atoms with Crippen LogP contribution in [0.2, 0.25) is 0 Å². The van der Waals surface area contributed by atoms with Gasteiger partial charge in [0, 0.05) is 36.1 Å². The van der Waals surface area contributed by atoms with Gasteiger partial charge in [-0.25, -0.2) is 4.98 Å². The minimum Gasteiger partial charge on any atom is -0.326 e. The van der Waals surface area contributed by atoms with Gasteiger partial charge >= 0.3 is 0 Å². The van der Waals surface area contributed by atoms with Gasteiger partial charge in [0.15, 0.2) is 5.65 Å². The van der Waals surface area contributed by atoms with Crippen molar-refractivity contribution in [1.82, 2.24) is 25.1 Å². The summed E-state index contributed by atoms with van der Waals surface area (Å²) in [5, 5.41) is 11.2. The molecule has 0 unspecified atom stereocenters. The van der Waals surface area contributed by atoms with Crippen LogP contribution in [-0.2, 0) is 4.79 Å². The third kappa shape index (κ3) is 3.64. The molecule has 0 fully saturated rings. The van der Waals surface area contributed by atoms with Crippen LogP contribution < -0.4 is 5.32 Å². The molecular weight excluding hydrogens is 388 g/mol. The van der Waals surface area contributed by atoms with E-state index in [2.05, 4.69) is 25.5 Å². The van der Waals surface area contributed by atoms with E-state index in [9.17, 15) is 4.79 Å². The Morgan fingerprint density at radius 1 is 0.871 bits per heavy atom. The number of rotatable bonds is 4. The normalized spacial score (nSPS) is 10.9. The number of carbonyl (C=O) groups excluding carboxylic acids is 1. The molecule has 150 valence electrons. The fourth-order valence-electron chi connectivity index (χ4n) is 3.52. The molecule has 0 aliphatic carbocycles. The van der Waals surface area contributed by atoms with Gasteiger partial charge in [-0.2, -0.15) is 5.10 Å². The number of nitrogens with zero attached hydrogens (tertiary/aromatic N) is 4. The van der Waals surface area contributed by atoms with Crippen molar-refractivity contribution in [3.63, 3.8) is 0 Å². The largest absolute Gasteiger partial charge is 0.326 e. The molecule has 0 spiro atoms. The molecule has 1 amide bonds. The van der Waals surface area contributed by atoms with Crippen molar-refractivity contribution in [3.8, 4) is 33.9 Å². The first-order chi connectivity index (χ1) is 15.2. The minimum absolute atomic E-state index is 0.108. The molecule has 7 heteroatoms. The molecule has 5 aromatic rings. The highest BCUT2D eigenvalue weighted by Gasteiger charge is 2.18. The van der Waals surface area contributed by atoms with Crippen LogP contribution in [0.25, 0.3) is 44.9 Å². The third-order valence-electron chi connectivity index (χ3n) is 4.89. The number of fused-ring (bicyclic) bond motifs is 1. The standard InChI is InChI=1S/C24H18N6O/c1-15(31)27-17-10-8-16(9-11-17)21-14-18(19-6-2-4-12-25-19)22-23(29-30-24(22)28-21)20-7-3-5-13-26-20/h2-14H,1H3,(H,27,31)(H,28,29,30). The Morgan fingerprint density at radius 3 is 2.23 bits per heavy atom. The Morgan fingerprint density at radius 2 is 1.58 bits per heavy atom. The van der Waals surface area contributed by atoms with Gasteiger partial charge in [0.25, 0.3) is 0 Å². The lowest BCUT2D eigenvalue weighted by atomic mass is 10.0. The summed E-state index contributed by atoms with van der Waals surface area (Å²) in [5.74, 6) is -0.108. The highest BCUT2D eigenvalue weighted by atomic mass is 16.1. The van der Waals surface area contributed by atoms with Crippen molar-refractivity contribution in [3.05, 3.63) is 79.1 Å². The molecule has 0 atom stereocenters. The number of benzene rings is 1. The van der Waals surface area contributed by atoms with E-state index in [0.717, 1.165) is 45.0 Å². The number of aromatic nitrogens is 5. The average molecular weight is 406 g/mol. The summed E-state index contributed by atoms with van der Waals surface area (Å²) in [6, 6.07) is 21.1. The second-order valence-corrected chi connectivity index (χ2v) is 7.04. The molecular formula is C24H18N6O. The van der Waals surface area contributed by atoms with Crippen molar-refractivity contribution < 1.29 is 4.79 Å². The molecule has 0 bridgehead atoms. The second kappa shape index (κ2) is 7.79. The Bertz CT molecular complexity index is 1360. The van der Waals surface area contributed by atoms with Crippen LogP contribution in [0.5, 0.6) is 0 Å². The van der Waals surface area contributed by atoms with Crippen molar-refractivity contribution in [1.29, 1.82) is 0 Å². The number of hydrogen-bond acceptors (Lipinski definition) is 5. The molecule has 4 heterocycles. The average Bonchev–Trinajstić information content (AvgIpc) is 3.24. The molecule has 4 aromatic heterocycles. The van der Waals surface area contributed by atoms with Gasteiger partial charge in [-0.15, -0.1) is 0 Å². The van der Waals surface area contributed by atoms with Crippen LogP contribution in [0, 0.1) is 0 Å². The van der Waals surface area contributed by atoms with Gasteiger partial charge in [-0.1, -0.05) is 24.3 Å². The first kappa shape index (κ1) is 18.6. The molecule has 2 N–H and O–H groups in total. The van der Waals surface area contributed by atoms with E-state index in [0.29, 0.717) is 5.65 Å². The zero-order valence-electron chi connectivity index (χ0n) is 16.7. The van der Waals surface area contributed by atoms with E-state index in [1.807, 2.05) is 66.7 Å². The zero-order valence-corrected chi connectivity index (χ0v) is 16.7. The quantitative estimate of drug-likeness (QED) is 0.451. The highest BCUT2D eigenvalue weighted by molar-refractivity contribution is 6.02. The fourth-order valence-corrected chi connectivity index (χ4v) is 3.52. The van der Waals surface area contributed by atoms with Gasteiger partial charge in [0.2, 0.25) is 5.91 Å². The Balaban J connectivity index is 1.69. The first-order valence-electron chi connectivity index (χ1n) is 9.79. The number of hydrogen-bond donors (Lipinski definition) is 2. The number of carbonyl (C=O) groups is 1. The smallest absolute Gasteiger partial charge is 0.221 e. The van der Waals surface area contributed by atoms with Crippen LogP contribution in [0.1, 0.15) is 6.92 Å². The van der Waals surface area contributed by atoms with Gasteiger partial charge in [-0.3, -0.25) is 19.9 Å². The summed E-state index contributed by atoms with van der Waals surface area (Å²) in [6.07, 6.45) is 3.52. The predicted octanol–water partition coefficient (Wildman–Crippen LogP) is 4.71. The number of amides is 1. The Hall–Kier alpha value is -4.39. The SMILES string of the molecule is CC(=O)Nc1ccc(-c2cc(-c3ccccn3)c3c(-c4ccccn4)[nH]nc3n2)cc1. The highest BCUT2D eigenvalue weighted by Crippen LogP contribution is 2.35. The van der Waals surface area contributed by atoms with Crippen LogP contribution >= 0.6 is 0 Å². The number of nitrogens with one attached hydrogen (secondary N) is 2. The Labute approximate surface area is 178 Å². The summed E-state index contributed by atoms with van der Waals surface area (Å²) < 4.78 is 0. The number of anilines is 1. The summed E-state index contributed by atoms with van der Waals surface area (Å²) in [4.78, 5) is 25.1. The molecule has 1 aromatic carbocycles. The lowest BCUT2D eigenvalue weighted by molar-refractivity contribution is -0.114. The Kier molecular flexibility index (Phi) is 4.68.